The second-order valence-corrected chi connectivity index (χ2v) is 4.66. The first-order chi connectivity index (χ1) is 8.76. The van der Waals surface area contributed by atoms with Crippen molar-refractivity contribution in [1.82, 2.24) is 10.3 Å². The molecule has 1 aromatic rings. The third-order valence-corrected chi connectivity index (χ3v) is 2.97. The number of nitrogens with one attached hydrogen (secondary N) is 1. The van der Waals surface area contributed by atoms with Crippen molar-refractivity contribution in [1.29, 1.82) is 0 Å². The van der Waals surface area contributed by atoms with Crippen LogP contribution in [0.2, 0.25) is 0 Å². The highest BCUT2D eigenvalue weighted by Crippen LogP contribution is 2.10. The highest BCUT2D eigenvalue weighted by Gasteiger charge is 2.06. The number of nitrogens with zero attached hydrogens (tertiary/aromatic N) is 1. The number of rotatable bonds is 10. The van der Waals surface area contributed by atoms with Crippen LogP contribution >= 0.6 is 0 Å². The predicted molar refractivity (Wildman–Crippen MR) is 72.8 cm³/mol. The van der Waals surface area contributed by atoms with E-state index in [0.29, 0.717) is 0 Å². The molecular weight excluding hydrogens is 228 g/mol. The Labute approximate surface area is 110 Å². The first-order valence-electron chi connectivity index (χ1n) is 6.93. The van der Waals surface area contributed by atoms with Gasteiger partial charge in [-0.1, -0.05) is 6.92 Å². The minimum absolute atomic E-state index is 0.275. The van der Waals surface area contributed by atoms with Gasteiger partial charge in [0.25, 0.3) is 0 Å². The van der Waals surface area contributed by atoms with Crippen LogP contribution in [-0.4, -0.2) is 31.3 Å². The molecule has 0 aromatic carbocycles. The molecule has 1 atom stereocenters. The van der Waals surface area contributed by atoms with Crippen molar-refractivity contribution in [3.63, 3.8) is 0 Å². The average Bonchev–Trinajstić information content (AvgIpc) is 2.83. The number of hydrogen-bond acceptors (Lipinski definition) is 4. The minimum Gasteiger partial charge on any atom is -0.446 e. The van der Waals surface area contributed by atoms with E-state index >= 15 is 0 Å². The Morgan fingerprint density at radius 2 is 2.22 bits per heavy atom. The summed E-state index contributed by atoms with van der Waals surface area (Å²) in [5, 5.41) is 3.37. The molecule has 4 nitrogen and oxygen atoms in total. The summed E-state index contributed by atoms with van der Waals surface area (Å²) in [7, 11) is 1.74. The van der Waals surface area contributed by atoms with Gasteiger partial charge in [0.2, 0.25) is 0 Å². The van der Waals surface area contributed by atoms with Crippen LogP contribution in [0.3, 0.4) is 0 Å². The fraction of sp³-hybridized carbons (Fsp3) is 0.786. The van der Waals surface area contributed by atoms with Crippen LogP contribution in [0.25, 0.3) is 0 Å². The van der Waals surface area contributed by atoms with Crippen molar-refractivity contribution < 1.29 is 9.15 Å². The van der Waals surface area contributed by atoms with Crippen LogP contribution in [-0.2, 0) is 17.6 Å². The SMILES string of the molecule is CCCNCCCc1ncc(CCC(C)OC)o1. The van der Waals surface area contributed by atoms with Gasteiger partial charge in [-0.05, 0) is 39.3 Å². The van der Waals surface area contributed by atoms with E-state index in [-0.39, 0.29) is 6.10 Å². The zero-order valence-electron chi connectivity index (χ0n) is 11.9. The Bertz CT molecular complexity index is 312. The summed E-state index contributed by atoms with van der Waals surface area (Å²) >= 11 is 0. The Hall–Kier alpha value is -0.870. The van der Waals surface area contributed by atoms with Crippen molar-refractivity contribution in [2.45, 2.75) is 52.1 Å². The molecule has 18 heavy (non-hydrogen) atoms. The fourth-order valence-corrected chi connectivity index (χ4v) is 1.71. The molecular formula is C14H26N2O2. The van der Waals surface area contributed by atoms with Gasteiger partial charge in [-0.15, -0.1) is 0 Å². The van der Waals surface area contributed by atoms with Crippen molar-refractivity contribution in [2.75, 3.05) is 20.2 Å². The molecule has 0 saturated carbocycles. The van der Waals surface area contributed by atoms with Crippen LogP contribution in [0.15, 0.2) is 10.6 Å². The second kappa shape index (κ2) is 9.11. The van der Waals surface area contributed by atoms with Crippen LogP contribution in [0.4, 0.5) is 0 Å². The molecule has 0 aliphatic carbocycles. The maximum absolute atomic E-state index is 5.69. The number of oxazole rings is 1. The average molecular weight is 254 g/mol. The van der Waals surface area contributed by atoms with Gasteiger partial charge in [0.05, 0.1) is 12.3 Å². The molecule has 1 N–H and O–H groups in total. The second-order valence-electron chi connectivity index (χ2n) is 4.66. The van der Waals surface area contributed by atoms with E-state index in [1.165, 1.54) is 6.42 Å². The number of aryl methyl sites for hydroxylation is 2. The molecule has 0 bridgehead atoms. The Balaban J connectivity index is 2.17. The maximum Gasteiger partial charge on any atom is 0.194 e. The molecule has 1 aromatic heterocycles. The summed E-state index contributed by atoms with van der Waals surface area (Å²) in [6.45, 7) is 6.36. The lowest BCUT2D eigenvalue weighted by Crippen LogP contribution is -2.16. The summed E-state index contributed by atoms with van der Waals surface area (Å²) in [6.07, 6.45) is 7.17. The highest BCUT2D eigenvalue weighted by molar-refractivity contribution is 4.94. The molecule has 104 valence electrons. The van der Waals surface area contributed by atoms with Gasteiger partial charge in [-0.25, -0.2) is 4.98 Å². The van der Waals surface area contributed by atoms with Gasteiger partial charge in [-0.3, -0.25) is 0 Å². The molecule has 0 spiro atoms. The molecule has 0 radical (unpaired) electrons. The van der Waals surface area contributed by atoms with E-state index < -0.39 is 0 Å². The largest absolute Gasteiger partial charge is 0.446 e. The quantitative estimate of drug-likeness (QED) is 0.652. The molecule has 1 unspecified atom stereocenters. The van der Waals surface area contributed by atoms with Crippen molar-refractivity contribution >= 4 is 0 Å². The summed E-state index contributed by atoms with van der Waals surface area (Å²) in [5.41, 5.74) is 0. The van der Waals surface area contributed by atoms with Gasteiger partial charge in [0.1, 0.15) is 5.76 Å². The van der Waals surface area contributed by atoms with Crippen molar-refractivity contribution in [3.05, 3.63) is 17.8 Å². The molecule has 0 saturated heterocycles. The normalized spacial score (nSPS) is 12.8. The standard InChI is InChI=1S/C14H26N2O2/c1-4-9-15-10-5-6-14-16-11-13(18-14)8-7-12(2)17-3/h11-12,15H,4-10H2,1-3H3. The van der Waals surface area contributed by atoms with Crippen LogP contribution in [0.1, 0.15) is 44.8 Å². The fourth-order valence-electron chi connectivity index (χ4n) is 1.71. The maximum atomic E-state index is 5.69. The molecule has 0 amide bonds. The zero-order chi connectivity index (χ0) is 13.2. The number of aromatic nitrogens is 1. The van der Waals surface area contributed by atoms with E-state index in [2.05, 4.69) is 24.1 Å². The molecule has 0 aliphatic heterocycles. The predicted octanol–water partition coefficient (Wildman–Crippen LogP) is 2.57. The Morgan fingerprint density at radius 3 is 2.94 bits per heavy atom. The van der Waals surface area contributed by atoms with E-state index in [1.54, 1.807) is 7.11 Å². The van der Waals surface area contributed by atoms with Gasteiger partial charge in [-0.2, -0.15) is 0 Å². The van der Waals surface area contributed by atoms with Gasteiger partial charge in [0, 0.05) is 20.0 Å². The number of ether oxygens (including phenoxy) is 1. The monoisotopic (exact) mass is 254 g/mol. The van der Waals surface area contributed by atoms with Gasteiger partial charge in [0.15, 0.2) is 5.89 Å². The summed E-state index contributed by atoms with van der Waals surface area (Å²) < 4.78 is 10.9. The Kier molecular flexibility index (Phi) is 7.69. The molecule has 0 fully saturated rings. The third-order valence-electron chi connectivity index (χ3n) is 2.97. The molecule has 0 aliphatic rings. The van der Waals surface area contributed by atoms with Crippen LogP contribution in [0, 0.1) is 0 Å². The van der Waals surface area contributed by atoms with Crippen LogP contribution < -0.4 is 5.32 Å². The van der Waals surface area contributed by atoms with E-state index in [4.69, 9.17) is 9.15 Å². The van der Waals surface area contributed by atoms with Crippen molar-refractivity contribution in [2.24, 2.45) is 0 Å². The molecule has 1 rings (SSSR count). The minimum atomic E-state index is 0.275. The summed E-state index contributed by atoms with van der Waals surface area (Å²) in [4.78, 5) is 4.30. The van der Waals surface area contributed by atoms with Crippen LogP contribution in [0.5, 0.6) is 0 Å². The first kappa shape index (κ1) is 15.2. The summed E-state index contributed by atoms with van der Waals surface area (Å²) in [6, 6.07) is 0. The number of methoxy groups -OCH3 is 1. The van der Waals surface area contributed by atoms with Gasteiger partial charge >= 0.3 is 0 Å². The molecule has 1 heterocycles. The highest BCUT2D eigenvalue weighted by atomic mass is 16.5. The van der Waals surface area contributed by atoms with E-state index in [9.17, 15) is 0 Å². The zero-order valence-corrected chi connectivity index (χ0v) is 11.9. The topological polar surface area (TPSA) is 47.3 Å². The smallest absolute Gasteiger partial charge is 0.194 e. The van der Waals surface area contributed by atoms with Crippen molar-refractivity contribution in [3.8, 4) is 0 Å². The van der Waals surface area contributed by atoms with E-state index in [0.717, 1.165) is 50.4 Å². The van der Waals surface area contributed by atoms with Gasteiger partial charge < -0.3 is 14.5 Å². The number of hydrogen-bond donors (Lipinski definition) is 1. The lowest BCUT2D eigenvalue weighted by Gasteiger charge is -2.06. The van der Waals surface area contributed by atoms with E-state index in [1.807, 2.05) is 6.20 Å². The first-order valence-corrected chi connectivity index (χ1v) is 6.93. The molecule has 4 heteroatoms. The lowest BCUT2D eigenvalue weighted by atomic mass is 10.2. The third kappa shape index (κ3) is 6.17. The summed E-state index contributed by atoms with van der Waals surface area (Å²) in [5.74, 6) is 1.82. The lowest BCUT2D eigenvalue weighted by molar-refractivity contribution is 0.110. The Morgan fingerprint density at radius 1 is 1.39 bits per heavy atom.